The van der Waals surface area contributed by atoms with Crippen LogP contribution in [0.5, 0.6) is 0 Å². The first-order valence-electron chi connectivity index (χ1n) is 3.57. The van der Waals surface area contributed by atoms with Crippen molar-refractivity contribution in [3.63, 3.8) is 0 Å². The SMILES string of the molecule is Cc1ccc(C)[n+](CC#N)c1. The summed E-state index contributed by atoms with van der Waals surface area (Å²) in [7, 11) is 0. The molecule has 0 aromatic carbocycles. The Hall–Kier alpha value is -1.36. The average molecular weight is 147 g/mol. The van der Waals surface area contributed by atoms with Crippen LogP contribution in [0.3, 0.4) is 0 Å². The van der Waals surface area contributed by atoms with Gasteiger partial charge in [-0.05, 0) is 13.0 Å². The molecule has 1 rings (SSSR count). The van der Waals surface area contributed by atoms with Gasteiger partial charge in [-0.15, -0.1) is 0 Å². The molecule has 0 aliphatic heterocycles. The maximum Gasteiger partial charge on any atom is 0.234 e. The van der Waals surface area contributed by atoms with Crippen molar-refractivity contribution in [3.8, 4) is 6.07 Å². The molecule has 1 aromatic rings. The first kappa shape index (κ1) is 7.74. The molecule has 1 heterocycles. The lowest BCUT2D eigenvalue weighted by atomic mass is 10.3. The van der Waals surface area contributed by atoms with Crippen LogP contribution in [0.25, 0.3) is 0 Å². The van der Waals surface area contributed by atoms with Gasteiger partial charge in [0.25, 0.3) is 0 Å². The second kappa shape index (κ2) is 3.16. The number of nitriles is 1. The predicted molar refractivity (Wildman–Crippen MR) is 41.7 cm³/mol. The van der Waals surface area contributed by atoms with E-state index in [2.05, 4.69) is 6.07 Å². The summed E-state index contributed by atoms with van der Waals surface area (Å²) < 4.78 is 1.94. The van der Waals surface area contributed by atoms with Gasteiger partial charge >= 0.3 is 0 Å². The Balaban J connectivity index is 3.05. The Morgan fingerprint density at radius 1 is 1.45 bits per heavy atom. The van der Waals surface area contributed by atoms with Crippen molar-refractivity contribution < 1.29 is 4.57 Å². The van der Waals surface area contributed by atoms with E-state index in [-0.39, 0.29) is 0 Å². The third kappa shape index (κ3) is 1.78. The van der Waals surface area contributed by atoms with Crippen LogP contribution in [0.2, 0.25) is 0 Å². The van der Waals surface area contributed by atoms with Gasteiger partial charge in [0, 0.05) is 18.6 Å². The lowest BCUT2D eigenvalue weighted by Crippen LogP contribution is -2.36. The van der Waals surface area contributed by atoms with Gasteiger partial charge in [0.15, 0.2) is 11.9 Å². The molecular weight excluding hydrogens is 136 g/mol. The maximum absolute atomic E-state index is 8.46. The van der Waals surface area contributed by atoms with Gasteiger partial charge in [-0.3, -0.25) is 0 Å². The van der Waals surface area contributed by atoms with Crippen molar-refractivity contribution in [2.75, 3.05) is 0 Å². The monoisotopic (exact) mass is 147 g/mol. The number of aryl methyl sites for hydroxylation is 2. The van der Waals surface area contributed by atoms with Crippen molar-refractivity contribution >= 4 is 0 Å². The third-order valence-corrected chi connectivity index (χ3v) is 1.64. The maximum atomic E-state index is 8.46. The molecule has 0 atom stereocenters. The van der Waals surface area contributed by atoms with E-state index in [9.17, 15) is 0 Å². The molecule has 0 fully saturated rings. The van der Waals surface area contributed by atoms with Crippen LogP contribution >= 0.6 is 0 Å². The van der Waals surface area contributed by atoms with Crippen molar-refractivity contribution in [1.29, 1.82) is 5.26 Å². The van der Waals surface area contributed by atoms with E-state index in [1.54, 1.807) is 0 Å². The largest absolute Gasteiger partial charge is 0.234 e. The lowest BCUT2D eigenvalue weighted by Gasteiger charge is -1.95. The fourth-order valence-electron chi connectivity index (χ4n) is 0.985. The summed E-state index contributed by atoms with van der Waals surface area (Å²) in [6.07, 6.45) is 1.98. The van der Waals surface area contributed by atoms with Crippen LogP contribution in [0.15, 0.2) is 18.3 Å². The number of nitrogens with zero attached hydrogens (tertiary/aromatic N) is 2. The molecular formula is C9H11N2+. The highest BCUT2D eigenvalue weighted by Crippen LogP contribution is 1.94. The Morgan fingerprint density at radius 3 is 2.82 bits per heavy atom. The highest BCUT2D eigenvalue weighted by Gasteiger charge is 2.03. The highest BCUT2D eigenvalue weighted by atomic mass is 14.9. The molecule has 0 aliphatic carbocycles. The molecule has 56 valence electrons. The summed E-state index contributed by atoms with van der Waals surface area (Å²) >= 11 is 0. The fraction of sp³-hybridized carbons (Fsp3) is 0.333. The van der Waals surface area contributed by atoms with Crippen molar-refractivity contribution in [1.82, 2.24) is 0 Å². The predicted octanol–water partition coefficient (Wildman–Crippen LogP) is 1.11. The Kier molecular flexibility index (Phi) is 2.22. The molecule has 0 N–H and O–H groups in total. The Morgan fingerprint density at radius 2 is 2.18 bits per heavy atom. The van der Waals surface area contributed by atoms with Gasteiger partial charge in [-0.1, -0.05) is 0 Å². The topological polar surface area (TPSA) is 27.7 Å². The molecule has 2 heteroatoms. The van der Waals surface area contributed by atoms with Gasteiger partial charge in [0.05, 0.1) is 0 Å². The second-order valence-corrected chi connectivity index (χ2v) is 2.63. The first-order chi connectivity index (χ1) is 5.24. The summed E-state index contributed by atoms with van der Waals surface area (Å²) in [5.74, 6) is 0. The molecule has 0 spiro atoms. The smallest absolute Gasteiger partial charge is 0.191 e. The number of hydrogen-bond donors (Lipinski definition) is 0. The fourth-order valence-corrected chi connectivity index (χ4v) is 0.985. The van der Waals surface area contributed by atoms with E-state index >= 15 is 0 Å². The van der Waals surface area contributed by atoms with Gasteiger partial charge in [-0.2, -0.15) is 9.83 Å². The average Bonchev–Trinajstić information content (AvgIpc) is 1.98. The molecule has 0 unspecified atom stereocenters. The second-order valence-electron chi connectivity index (χ2n) is 2.63. The molecule has 0 aliphatic rings. The third-order valence-electron chi connectivity index (χ3n) is 1.64. The number of rotatable bonds is 1. The van der Waals surface area contributed by atoms with E-state index < -0.39 is 0 Å². The molecule has 0 saturated heterocycles. The number of hydrogen-bond acceptors (Lipinski definition) is 1. The minimum absolute atomic E-state index is 0.438. The van der Waals surface area contributed by atoms with E-state index in [4.69, 9.17) is 5.26 Å². The molecule has 2 nitrogen and oxygen atoms in total. The van der Waals surface area contributed by atoms with Crippen molar-refractivity contribution in [3.05, 3.63) is 29.6 Å². The normalized spacial score (nSPS) is 9.18. The van der Waals surface area contributed by atoms with Crippen LogP contribution < -0.4 is 4.57 Å². The standard InChI is InChI=1S/C9H11N2/c1-8-3-4-9(2)11(7-8)6-5-10/h3-4,7H,6H2,1-2H3/q+1. The molecule has 0 radical (unpaired) electrons. The minimum atomic E-state index is 0.438. The number of aromatic nitrogens is 1. The minimum Gasteiger partial charge on any atom is -0.191 e. The van der Waals surface area contributed by atoms with Crippen LogP contribution in [0.1, 0.15) is 11.3 Å². The van der Waals surface area contributed by atoms with Crippen LogP contribution in [-0.4, -0.2) is 0 Å². The van der Waals surface area contributed by atoms with E-state index in [0.717, 1.165) is 5.69 Å². The quantitative estimate of drug-likeness (QED) is 0.547. The summed E-state index contributed by atoms with van der Waals surface area (Å²) in [5.41, 5.74) is 2.31. The van der Waals surface area contributed by atoms with Gasteiger partial charge in [0.2, 0.25) is 6.54 Å². The van der Waals surface area contributed by atoms with Gasteiger partial charge in [0.1, 0.15) is 6.07 Å². The summed E-state index contributed by atoms with van der Waals surface area (Å²) in [6, 6.07) is 6.18. The van der Waals surface area contributed by atoms with Gasteiger partial charge in [-0.25, -0.2) is 0 Å². The highest BCUT2D eigenvalue weighted by molar-refractivity contribution is 5.06. The van der Waals surface area contributed by atoms with Crippen molar-refractivity contribution in [2.24, 2.45) is 0 Å². The molecule has 0 bridgehead atoms. The van der Waals surface area contributed by atoms with Crippen LogP contribution in [0.4, 0.5) is 0 Å². The van der Waals surface area contributed by atoms with E-state index in [1.165, 1.54) is 5.56 Å². The van der Waals surface area contributed by atoms with Crippen LogP contribution in [-0.2, 0) is 6.54 Å². The lowest BCUT2D eigenvalue weighted by molar-refractivity contribution is -0.691. The van der Waals surface area contributed by atoms with E-state index in [1.807, 2.05) is 36.7 Å². The summed E-state index contributed by atoms with van der Waals surface area (Å²) in [6.45, 7) is 4.46. The molecule has 11 heavy (non-hydrogen) atoms. The molecule has 0 saturated carbocycles. The van der Waals surface area contributed by atoms with Crippen molar-refractivity contribution in [2.45, 2.75) is 20.4 Å². The summed E-state index contributed by atoms with van der Waals surface area (Å²) in [5, 5.41) is 8.46. The molecule has 1 aromatic heterocycles. The number of pyridine rings is 1. The van der Waals surface area contributed by atoms with E-state index in [0.29, 0.717) is 6.54 Å². The zero-order valence-electron chi connectivity index (χ0n) is 6.83. The first-order valence-corrected chi connectivity index (χ1v) is 3.57. The molecule has 0 amide bonds. The Bertz CT molecular complexity index is 297. The zero-order valence-corrected chi connectivity index (χ0v) is 6.83. The summed E-state index contributed by atoms with van der Waals surface area (Å²) in [4.78, 5) is 0. The van der Waals surface area contributed by atoms with Gasteiger partial charge < -0.3 is 0 Å². The Labute approximate surface area is 66.7 Å². The zero-order chi connectivity index (χ0) is 8.27. The van der Waals surface area contributed by atoms with Crippen LogP contribution in [0, 0.1) is 25.2 Å².